The molecule has 0 spiro atoms. The number of anilines is 1. The van der Waals surface area contributed by atoms with Crippen LogP contribution in [-0.2, 0) is 0 Å². The molecule has 2 rings (SSSR count). The van der Waals surface area contributed by atoms with Gasteiger partial charge in [-0.2, -0.15) is 5.26 Å². The highest BCUT2D eigenvalue weighted by molar-refractivity contribution is 9.10. The maximum absolute atomic E-state index is 9.09. The molecule has 1 atom stereocenters. The Kier molecular flexibility index (Phi) is 4.41. The molecule has 0 N–H and O–H groups in total. The van der Waals surface area contributed by atoms with E-state index in [1.54, 1.807) is 0 Å². The topological polar surface area (TPSA) is 30.3 Å². The summed E-state index contributed by atoms with van der Waals surface area (Å²) >= 11 is 3.61. The van der Waals surface area contributed by atoms with Crippen LogP contribution in [0.1, 0.15) is 25.8 Å². The molecule has 0 aromatic heterocycles. The first-order valence-electron chi connectivity index (χ1n) is 6.96. The fourth-order valence-corrected chi connectivity index (χ4v) is 3.04. The molecule has 20 heavy (non-hydrogen) atoms. The van der Waals surface area contributed by atoms with Crippen LogP contribution < -0.4 is 4.90 Å². The molecular formula is C16H22BrN3. The predicted octanol–water partition coefficient (Wildman–Crippen LogP) is 3.57. The summed E-state index contributed by atoms with van der Waals surface area (Å²) in [7, 11) is 2.15. The SMILES string of the molecule is Cc1ccc(N2CC(C)(C)N(C)CC2CC#N)cc1Br. The van der Waals surface area contributed by atoms with E-state index in [9.17, 15) is 0 Å². The molecule has 0 amide bonds. The van der Waals surface area contributed by atoms with E-state index < -0.39 is 0 Å². The fourth-order valence-electron chi connectivity index (χ4n) is 2.67. The molecule has 108 valence electrons. The molecule has 1 fully saturated rings. The quantitative estimate of drug-likeness (QED) is 0.827. The van der Waals surface area contributed by atoms with Crippen LogP contribution in [0.15, 0.2) is 22.7 Å². The Hall–Kier alpha value is -1.05. The fraction of sp³-hybridized carbons (Fsp3) is 0.562. The third-order valence-electron chi connectivity index (χ3n) is 4.33. The van der Waals surface area contributed by atoms with Crippen molar-refractivity contribution in [1.29, 1.82) is 5.26 Å². The van der Waals surface area contributed by atoms with Gasteiger partial charge in [0.25, 0.3) is 0 Å². The Morgan fingerprint density at radius 2 is 2.15 bits per heavy atom. The Balaban J connectivity index is 2.34. The Labute approximate surface area is 130 Å². The first-order valence-corrected chi connectivity index (χ1v) is 7.75. The lowest BCUT2D eigenvalue weighted by Gasteiger charge is -2.50. The first-order chi connectivity index (χ1) is 9.35. The van der Waals surface area contributed by atoms with Crippen molar-refractivity contribution in [3.05, 3.63) is 28.2 Å². The minimum absolute atomic E-state index is 0.114. The molecule has 1 aromatic rings. The van der Waals surface area contributed by atoms with Crippen LogP contribution >= 0.6 is 15.9 Å². The Bertz CT molecular complexity index is 533. The number of nitriles is 1. The van der Waals surface area contributed by atoms with Crippen molar-refractivity contribution in [3.63, 3.8) is 0 Å². The van der Waals surface area contributed by atoms with E-state index in [2.05, 4.69) is 77.8 Å². The second kappa shape index (κ2) is 5.75. The van der Waals surface area contributed by atoms with Gasteiger partial charge in [-0.15, -0.1) is 0 Å². The van der Waals surface area contributed by atoms with Gasteiger partial charge >= 0.3 is 0 Å². The molecule has 0 radical (unpaired) electrons. The molecule has 1 heterocycles. The van der Waals surface area contributed by atoms with Gasteiger partial charge in [0.1, 0.15) is 0 Å². The zero-order valence-corrected chi connectivity index (χ0v) is 14.2. The molecular weight excluding hydrogens is 314 g/mol. The van der Waals surface area contributed by atoms with Crippen molar-refractivity contribution >= 4 is 21.6 Å². The maximum Gasteiger partial charge on any atom is 0.0643 e. The lowest BCUT2D eigenvalue weighted by atomic mass is 9.94. The van der Waals surface area contributed by atoms with Gasteiger partial charge in [-0.05, 0) is 45.5 Å². The van der Waals surface area contributed by atoms with E-state index in [1.807, 2.05) is 0 Å². The highest BCUT2D eigenvalue weighted by atomic mass is 79.9. The van der Waals surface area contributed by atoms with Gasteiger partial charge in [0.15, 0.2) is 0 Å². The van der Waals surface area contributed by atoms with E-state index >= 15 is 0 Å². The highest BCUT2D eigenvalue weighted by Crippen LogP contribution is 2.31. The second-order valence-electron chi connectivity index (χ2n) is 6.27. The van der Waals surface area contributed by atoms with Gasteiger partial charge in [0, 0.05) is 28.8 Å². The summed E-state index contributed by atoms with van der Waals surface area (Å²) in [5, 5.41) is 9.09. The second-order valence-corrected chi connectivity index (χ2v) is 7.12. The lowest BCUT2D eigenvalue weighted by molar-refractivity contribution is 0.115. The standard InChI is InChI=1S/C16H22BrN3/c1-12-5-6-13(9-15(12)17)20-11-16(2,3)19(4)10-14(20)7-8-18/h5-6,9,14H,7,10-11H2,1-4H3. The normalized spacial score (nSPS) is 22.6. The van der Waals surface area contributed by atoms with Gasteiger partial charge in [-0.3, -0.25) is 4.90 Å². The third kappa shape index (κ3) is 2.99. The van der Waals surface area contributed by atoms with Crippen molar-refractivity contribution in [3.8, 4) is 6.07 Å². The zero-order valence-electron chi connectivity index (χ0n) is 12.7. The molecule has 0 saturated carbocycles. The van der Waals surface area contributed by atoms with Crippen molar-refractivity contribution in [2.75, 3.05) is 25.0 Å². The molecule has 1 aromatic carbocycles. The summed E-state index contributed by atoms with van der Waals surface area (Å²) in [5.41, 5.74) is 2.55. The molecule has 1 unspecified atom stereocenters. The summed E-state index contributed by atoms with van der Waals surface area (Å²) in [6.07, 6.45) is 0.561. The Morgan fingerprint density at radius 3 is 2.75 bits per heavy atom. The summed E-state index contributed by atoms with van der Waals surface area (Å²) in [6, 6.07) is 9.05. The van der Waals surface area contributed by atoms with Crippen molar-refractivity contribution in [2.45, 2.75) is 38.8 Å². The molecule has 0 bridgehead atoms. The van der Waals surface area contributed by atoms with Gasteiger partial charge in [-0.25, -0.2) is 0 Å². The van der Waals surface area contributed by atoms with Crippen molar-refractivity contribution in [2.24, 2.45) is 0 Å². The van der Waals surface area contributed by atoms with E-state index in [4.69, 9.17) is 5.26 Å². The van der Waals surface area contributed by atoms with Crippen LogP contribution in [0.3, 0.4) is 0 Å². The number of halogens is 1. The monoisotopic (exact) mass is 335 g/mol. The van der Waals surface area contributed by atoms with E-state index in [0.717, 1.165) is 17.6 Å². The Morgan fingerprint density at radius 1 is 1.45 bits per heavy atom. The minimum atomic E-state index is 0.114. The summed E-state index contributed by atoms with van der Waals surface area (Å²) in [5.74, 6) is 0. The third-order valence-corrected chi connectivity index (χ3v) is 5.18. The molecule has 1 aliphatic heterocycles. The van der Waals surface area contributed by atoms with E-state index in [1.165, 1.54) is 11.3 Å². The van der Waals surface area contributed by atoms with Crippen LogP contribution in [0, 0.1) is 18.3 Å². The molecule has 0 aliphatic carbocycles. The van der Waals surface area contributed by atoms with Crippen LogP contribution in [0.2, 0.25) is 0 Å². The number of aryl methyl sites for hydroxylation is 1. The summed E-state index contributed by atoms with van der Waals surface area (Å²) < 4.78 is 1.13. The zero-order chi connectivity index (χ0) is 14.9. The smallest absolute Gasteiger partial charge is 0.0643 e. The largest absolute Gasteiger partial charge is 0.364 e. The van der Waals surface area contributed by atoms with Crippen LogP contribution in [0.4, 0.5) is 5.69 Å². The van der Waals surface area contributed by atoms with Gasteiger partial charge < -0.3 is 4.90 Å². The number of rotatable bonds is 2. The van der Waals surface area contributed by atoms with Crippen molar-refractivity contribution in [1.82, 2.24) is 4.90 Å². The van der Waals surface area contributed by atoms with E-state index in [0.29, 0.717) is 6.42 Å². The lowest BCUT2D eigenvalue weighted by Crippen LogP contribution is -2.62. The predicted molar refractivity (Wildman–Crippen MR) is 87.0 cm³/mol. The van der Waals surface area contributed by atoms with Gasteiger partial charge in [-0.1, -0.05) is 22.0 Å². The maximum atomic E-state index is 9.09. The number of piperazine rings is 1. The number of benzene rings is 1. The van der Waals surface area contributed by atoms with Crippen LogP contribution in [0.5, 0.6) is 0 Å². The minimum Gasteiger partial charge on any atom is -0.364 e. The average Bonchev–Trinajstić information content (AvgIpc) is 2.37. The van der Waals surface area contributed by atoms with Crippen LogP contribution in [0.25, 0.3) is 0 Å². The molecule has 1 saturated heterocycles. The molecule has 4 heteroatoms. The summed E-state index contributed by atoms with van der Waals surface area (Å²) in [4.78, 5) is 4.74. The van der Waals surface area contributed by atoms with E-state index in [-0.39, 0.29) is 11.6 Å². The van der Waals surface area contributed by atoms with Gasteiger partial charge in [0.05, 0.1) is 18.5 Å². The molecule has 3 nitrogen and oxygen atoms in total. The number of likely N-dealkylation sites (N-methyl/N-ethyl adjacent to an activating group) is 1. The number of hydrogen-bond donors (Lipinski definition) is 0. The highest BCUT2D eigenvalue weighted by Gasteiger charge is 2.36. The van der Waals surface area contributed by atoms with Crippen molar-refractivity contribution < 1.29 is 0 Å². The van der Waals surface area contributed by atoms with Crippen LogP contribution in [-0.4, -0.2) is 36.6 Å². The van der Waals surface area contributed by atoms with Gasteiger partial charge in [0.2, 0.25) is 0 Å². The molecule has 1 aliphatic rings. The number of nitrogens with zero attached hydrogens (tertiary/aromatic N) is 3. The average molecular weight is 336 g/mol. The first kappa shape index (κ1) is 15.3. The number of hydrogen-bond acceptors (Lipinski definition) is 3. The summed E-state index contributed by atoms with van der Waals surface area (Å²) in [6.45, 7) is 8.46.